The minimum absolute atomic E-state index is 0.136. The fourth-order valence-corrected chi connectivity index (χ4v) is 4.23. The van der Waals surface area contributed by atoms with E-state index in [9.17, 15) is 22.7 Å². The molecule has 1 aliphatic carbocycles. The summed E-state index contributed by atoms with van der Waals surface area (Å²) in [5, 5.41) is 9.36. The predicted octanol–water partition coefficient (Wildman–Crippen LogP) is 2.13. The molecule has 2 bridgehead atoms. The fourth-order valence-electron chi connectivity index (χ4n) is 3.68. The van der Waals surface area contributed by atoms with Crippen LogP contribution in [-0.4, -0.2) is 38.8 Å². The first-order valence-corrected chi connectivity index (χ1v) is 9.41. The summed E-state index contributed by atoms with van der Waals surface area (Å²) in [5.74, 6) is -1.07. The Labute approximate surface area is 134 Å². The summed E-state index contributed by atoms with van der Waals surface area (Å²) in [5.41, 5.74) is 0.0231. The van der Waals surface area contributed by atoms with Gasteiger partial charge in [-0.2, -0.15) is 0 Å². The molecule has 2 atom stereocenters. The van der Waals surface area contributed by atoms with Gasteiger partial charge in [-0.15, -0.1) is 0 Å². The molecule has 0 spiro atoms. The number of carbonyl (C=O) groups is 1. The number of benzene rings is 1. The maximum absolute atomic E-state index is 14.0. The van der Waals surface area contributed by atoms with Crippen LogP contribution in [0.15, 0.2) is 12.1 Å². The molecule has 1 heterocycles. The number of halogens is 1. The zero-order valence-electron chi connectivity index (χ0n) is 12.8. The van der Waals surface area contributed by atoms with E-state index in [1.807, 2.05) is 4.90 Å². The highest BCUT2D eigenvalue weighted by Gasteiger charge is 2.34. The molecule has 0 aromatic heterocycles. The van der Waals surface area contributed by atoms with Crippen molar-refractivity contribution in [2.24, 2.45) is 11.8 Å². The van der Waals surface area contributed by atoms with Crippen molar-refractivity contribution in [1.29, 1.82) is 0 Å². The molecule has 1 aromatic carbocycles. The van der Waals surface area contributed by atoms with Gasteiger partial charge in [0.15, 0.2) is 0 Å². The van der Waals surface area contributed by atoms with Crippen LogP contribution in [0.1, 0.15) is 29.6 Å². The summed E-state index contributed by atoms with van der Waals surface area (Å²) in [7, 11) is -3.65. The summed E-state index contributed by atoms with van der Waals surface area (Å²) < 4.78 is 38.9. The van der Waals surface area contributed by atoms with Crippen LogP contribution in [0.4, 0.5) is 15.8 Å². The SMILES string of the molecule is CS(=O)(=O)Nc1cc(N2CC3CCC(C3)C2)c(C(=O)O)cc1F. The Bertz CT molecular complexity index is 738. The summed E-state index contributed by atoms with van der Waals surface area (Å²) in [6.45, 7) is 1.45. The van der Waals surface area contributed by atoms with E-state index in [0.717, 1.165) is 44.7 Å². The topological polar surface area (TPSA) is 86.7 Å². The zero-order chi connectivity index (χ0) is 16.8. The number of hydrogen-bond acceptors (Lipinski definition) is 4. The molecule has 1 aliphatic heterocycles. The highest BCUT2D eigenvalue weighted by atomic mass is 32.2. The number of anilines is 2. The average Bonchev–Trinajstić information content (AvgIpc) is 2.77. The number of hydrogen-bond donors (Lipinski definition) is 2. The van der Waals surface area contributed by atoms with E-state index in [0.29, 0.717) is 17.5 Å². The van der Waals surface area contributed by atoms with Crippen LogP contribution in [0.25, 0.3) is 0 Å². The highest BCUT2D eigenvalue weighted by Crippen LogP contribution is 2.40. The molecule has 2 unspecified atom stereocenters. The van der Waals surface area contributed by atoms with Gasteiger partial charge < -0.3 is 10.0 Å². The number of carboxylic acid groups (broad SMARTS) is 1. The maximum Gasteiger partial charge on any atom is 0.337 e. The molecule has 1 saturated heterocycles. The van der Waals surface area contributed by atoms with Crippen molar-refractivity contribution < 1.29 is 22.7 Å². The molecule has 0 amide bonds. The van der Waals surface area contributed by atoms with Crippen molar-refractivity contribution >= 4 is 27.4 Å². The maximum atomic E-state index is 14.0. The largest absolute Gasteiger partial charge is 0.478 e. The summed E-state index contributed by atoms with van der Waals surface area (Å²) in [4.78, 5) is 13.4. The molecule has 0 radical (unpaired) electrons. The van der Waals surface area contributed by atoms with Crippen LogP contribution < -0.4 is 9.62 Å². The minimum atomic E-state index is -3.65. The molecule has 2 N–H and O–H groups in total. The lowest BCUT2D eigenvalue weighted by molar-refractivity contribution is 0.0697. The van der Waals surface area contributed by atoms with E-state index >= 15 is 0 Å². The lowest BCUT2D eigenvalue weighted by Gasteiger charge is -2.34. The first kappa shape index (κ1) is 16.0. The Kier molecular flexibility index (Phi) is 3.95. The monoisotopic (exact) mass is 342 g/mol. The van der Waals surface area contributed by atoms with Gasteiger partial charge in [-0.25, -0.2) is 17.6 Å². The van der Waals surface area contributed by atoms with E-state index in [1.165, 1.54) is 6.07 Å². The number of nitrogens with zero attached hydrogens (tertiary/aromatic N) is 1. The molecule has 23 heavy (non-hydrogen) atoms. The third-order valence-electron chi connectivity index (χ3n) is 4.56. The van der Waals surface area contributed by atoms with E-state index in [-0.39, 0.29) is 11.3 Å². The second kappa shape index (κ2) is 5.67. The number of aromatic carboxylic acids is 1. The third kappa shape index (κ3) is 3.41. The number of fused-ring (bicyclic) bond motifs is 2. The Morgan fingerprint density at radius 2 is 1.91 bits per heavy atom. The van der Waals surface area contributed by atoms with E-state index in [2.05, 4.69) is 4.72 Å². The van der Waals surface area contributed by atoms with E-state index in [1.54, 1.807) is 0 Å². The first-order valence-electron chi connectivity index (χ1n) is 7.52. The van der Waals surface area contributed by atoms with E-state index < -0.39 is 21.8 Å². The van der Waals surface area contributed by atoms with Crippen molar-refractivity contribution in [3.63, 3.8) is 0 Å². The normalized spacial score (nSPS) is 23.8. The average molecular weight is 342 g/mol. The molecule has 3 rings (SSSR count). The standard InChI is InChI=1S/C15H19FN2O4S/c1-23(21,22)17-13-6-14(11(15(19)20)5-12(13)16)18-7-9-2-3-10(4-9)8-18/h5-6,9-10,17H,2-4,7-8H2,1H3,(H,19,20). The Balaban J connectivity index is 2.02. The molecule has 2 aliphatic rings. The Hall–Kier alpha value is -1.83. The van der Waals surface area contributed by atoms with Crippen molar-refractivity contribution in [1.82, 2.24) is 0 Å². The molecule has 8 heteroatoms. The number of rotatable bonds is 4. The van der Waals surface area contributed by atoms with Crippen LogP contribution in [0.5, 0.6) is 0 Å². The quantitative estimate of drug-likeness (QED) is 0.875. The molecule has 6 nitrogen and oxygen atoms in total. The summed E-state index contributed by atoms with van der Waals surface area (Å²) in [6.07, 6.45) is 4.32. The van der Waals surface area contributed by atoms with Crippen LogP contribution in [-0.2, 0) is 10.0 Å². The van der Waals surface area contributed by atoms with Crippen LogP contribution >= 0.6 is 0 Å². The Morgan fingerprint density at radius 1 is 1.30 bits per heavy atom. The van der Waals surface area contributed by atoms with Gasteiger partial charge in [0.2, 0.25) is 10.0 Å². The van der Waals surface area contributed by atoms with E-state index in [4.69, 9.17) is 0 Å². The van der Waals surface area contributed by atoms with Crippen LogP contribution in [0.2, 0.25) is 0 Å². The zero-order valence-corrected chi connectivity index (χ0v) is 13.6. The summed E-state index contributed by atoms with van der Waals surface area (Å²) in [6, 6.07) is 2.19. The van der Waals surface area contributed by atoms with Gasteiger partial charge in [0.1, 0.15) is 5.82 Å². The van der Waals surface area contributed by atoms with Crippen LogP contribution in [0, 0.1) is 17.7 Å². The summed E-state index contributed by atoms with van der Waals surface area (Å²) >= 11 is 0. The van der Waals surface area contributed by atoms with Crippen LogP contribution in [0.3, 0.4) is 0 Å². The predicted molar refractivity (Wildman–Crippen MR) is 84.9 cm³/mol. The minimum Gasteiger partial charge on any atom is -0.478 e. The second-order valence-electron chi connectivity index (χ2n) is 6.48. The first-order chi connectivity index (χ1) is 10.7. The number of piperidine rings is 1. The van der Waals surface area contributed by atoms with Crippen molar-refractivity contribution in [3.05, 3.63) is 23.5 Å². The molecule has 2 fully saturated rings. The molecular formula is C15H19FN2O4S. The van der Waals surface area contributed by atoms with Gasteiger partial charge in [0.05, 0.1) is 23.2 Å². The smallest absolute Gasteiger partial charge is 0.337 e. The Morgan fingerprint density at radius 3 is 2.43 bits per heavy atom. The molecule has 126 valence electrons. The van der Waals surface area contributed by atoms with Gasteiger partial charge in [-0.05, 0) is 43.2 Å². The number of carboxylic acids is 1. The van der Waals surface area contributed by atoms with Crippen molar-refractivity contribution in [3.8, 4) is 0 Å². The van der Waals surface area contributed by atoms with Gasteiger partial charge in [-0.3, -0.25) is 4.72 Å². The van der Waals surface area contributed by atoms with Gasteiger partial charge in [-0.1, -0.05) is 0 Å². The highest BCUT2D eigenvalue weighted by molar-refractivity contribution is 7.92. The second-order valence-corrected chi connectivity index (χ2v) is 8.23. The molecule has 1 saturated carbocycles. The van der Waals surface area contributed by atoms with Gasteiger partial charge in [0, 0.05) is 13.1 Å². The van der Waals surface area contributed by atoms with Crippen molar-refractivity contribution in [2.45, 2.75) is 19.3 Å². The fraction of sp³-hybridized carbons (Fsp3) is 0.533. The lowest BCUT2D eigenvalue weighted by Crippen LogP contribution is -2.37. The molecule has 1 aromatic rings. The third-order valence-corrected chi connectivity index (χ3v) is 5.15. The lowest BCUT2D eigenvalue weighted by atomic mass is 9.97. The molecular weight excluding hydrogens is 323 g/mol. The van der Waals surface area contributed by atoms with Gasteiger partial charge >= 0.3 is 5.97 Å². The van der Waals surface area contributed by atoms with Crippen molar-refractivity contribution in [2.75, 3.05) is 29.0 Å². The van der Waals surface area contributed by atoms with Gasteiger partial charge in [0.25, 0.3) is 0 Å². The number of nitrogens with one attached hydrogen (secondary N) is 1. The number of sulfonamides is 1.